The van der Waals surface area contributed by atoms with Crippen molar-refractivity contribution in [1.29, 1.82) is 10.7 Å². The van der Waals surface area contributed by atoms with Crippen LogP contribution in [-0.4, -0.2) is 12.3 Å². The van der Waals surface area contributed by atoms with Crippen molar-refractivity contribution in [3.63, 3.8) is 0 Å². The van der Waals surface area contributed by atoms with E-state index in [1.807, 2.05) is 61.5 Å². The molecular weight excluding hydrogens is 379 g/mol. The van der Waals surface area contributed by atoms with E-state index in [1.54, 1.807) is 12.1 Å². The van der Waals surface area contributed by atoms with Gasteiger partial charge in [-0.15, -0.1) is 0 Å². The Morgan fingerprint density at radius 1 is 1.03 bits per heavy atom. The lowest BCUT2D eigenvalue weighted by molar-refractivity contribution is 0.304. The maximum atomic E-state index is 14.4. The number of nitrogens with one attached hydrogen (secondary N) is 1. The summed E-state index contributed by atoms with van der Waals surface area (Å²) in [6.07, 6.45) is 0.759. The number of halogens is 1. The van der Waals surface area contributed by atoms with E-state index >= 15 is 0 Å². The van der Waals surface area contributed by atoms with Crippen LogP contribution in [0.5, 0.6) is 11.5 Å². The molecule has 30 heavy (non-hydrogen) atoms. The van der Waals surface area contributed by atoms with Crippen LogP contribution in [0.4, 0.5) is 4.39 Å². The van der Waals surface area contributed by atoms with Gasteiger partial charge in [-0.25, -0.2) is 4.39 Å². The van der Waals surface area contributed by atoms with Crippen LogP contribution in [0, 0.1) is 22.6 Å². The van der Waals surface area contributed by atoms with Crippen LogP contribution >= 0.6 is 0 Å². The number of nitriles is 1. The molecule has 0 fully saturated rings. The topological polar surface area (TPSA) is 66.1 Å². The zero-order valence-corrected chi connectivity index (χ0v) is 16.8. The second-order valence-corrected chi connectivity index (χ2v) is 6.85. The molecule has 152 valence electrons. The lowest BCUT2D eigenvalue weighted by atomic mass is 9.98. The molecule has 1 unspecified atom stereocenters. The summed E-state index contributed by atoms with van der Waals surface area (Å²) < 4.78 is 25.5. The molecule has 0 aliphatic heterocycles. The first-order valence-corrected chi connectivity index (χ1v) is 9.77. The highest BCUT2D eigenvalue weighted by Crippen LogP contribution is 2.23. The number of nitrogens with zero attached hydrogens (tertiary/aromatic N) is 1. The minimum Gasteiger partial charge on any atom is -0.489 e. The largest absolute Gasteiger partial charge is 0.489 e. The minimum atomic E-state index is -0.493. The van der Waals surface area contributed by atoms with Crippen molar-refractivity contribution in [3.8, 4) is 17.6 Å². The molecule has 0 amide bonds. The monoisotopic (exact) mass is 402 g/mol. The maximum Gasteiger partial charge on any atom is 0.165 e. The van der Waals surface area contributed by atoms with Crippen LogP contribution in [0.15, 0.2) is 72.8 Å². The van der Waals surface area contributed by atoms with E-state index < -0.39 is 5.82 Å². The molecule has 5 heteroatoms. The summed E-state index contributed by atoms with van der Waals surface area (Å²) in [6.45, 7) is 2.18. The Morgan fingerprint density at radius 2 is 1.77 bits per heavy atom. The summed E-state index contributed by atoms with van der Waals surface area (Å²) in [5.41, 5.74) is 2.66. The maximum absolute atomic E-state index is 14.4. The minimum absolute atomic E-state index is 0.00935. The molecule has 0 spiro atoms. The third-order valence-electron chi connectivity index (χ3n) is 4.74. The Bertz CT molecular complexity index is 1030. The summed E-state index contributed by atoms with van der Waals surface area (Å²) in [5, 5.41) is 17.2. The summed E-state index contributed by atoms with van der Waals surface area (Å²) in [7, 11) is 0. The van der Waals surface area contributed by atoms with E-state index in [1.165, 1.54) is 6.07 Å². The van der Waals surface area contributed by atoms with E-state index in [9.17, 15) is 4.39 Å². The third-order valence-corrected chi connectivity index (χ3v) is 4.74. The van der Waals surface area contributed by atoms with E-state index in [4.69, 9.17) is 20.1 Å². The van der Waals surface area contributed by atoms with Crippen molar-refractivity contribution in [2.45, 2.75) is 25.9 Å². The van der Waals surface area contributed by atoms with Crippen molar-refractivity contribution >= 4 is 5.71 Å². The van der Waals surface area contributed by atoms with Gasteiger partial charge in [0.25, 0.3) is 0 Å². The second kappa shape index (κ2) is 10.2. The lowest BCUT2D eigenvalue weighted by Gasteiger charge is -2.11. The Labute approximate surface area is 176 Å². The van der Waals surface area contributed by atoms with Crippen molar-refractivity contribution < 1.29 is 13.9 Å². The van der Waals surface area contributed by atoms with Crippen LogP contribution in [-0.2, 0) is 6.61 Å². The first-order chi connectivity index (χ1) is 14.6. The molecule has 3 aromatic rings. The van der Waals surface area contributed by atoms with Crippen molar-refractivity contribution in [2.24, 2.45) is 0 Å². The van der Waals surface area contributed by atoms with Gasteiger partial charge < -0.3 is 14.9 Å². The van der Waals surface area contributed by atoms with Gasteiger partial charge in [0.1, 0.15) is 19.0 Å². The van der Waals surface area contributed by atoms with Crippen LogP contribution < -0.4 is 9.47 Å². The van der Waals surface area contributed by atoms with E-state index in [2.05, 4.69) is 6.07 Å². The molecule has 0 saturated heterocycles. The summed E-state index contributed by atoms with van der Waals surface area (Å²) in [5.74, 6) is 0.144. The highest BCUT2D eigenvalue weighted by Gasteiger charge is 2.09. The van der Waals surface area contributed by atoms with Gasteiger partial charge >= 0.3 is 0 Å². The van der Waals surface area contributed by atoms with Gasteiger partial charge in [0.15, 0.2) is 11.6 Å². The molecule has 3 aromatic carbocycles. The van der Waals surface area contributed by atoms with E-state index in [0.717, 1.165) is 17.5 Å². The Balaban J connectivity index is 1.55. The third kappa shape index (κ3) is 5.45. The van der Waals surface area contributed by atoms with Gasteiger partial charge in [0.2, 0.25) is 0 Å². The SMILES string of the molecule is CCC(C#N)c1ccc(OCc2ccc(OCC(=N)c3ccccc3)c(F)c2)cc1. The standard InChI is InChI=1S/C25H23FN2O2/c1-2-19(15-27)20-9-11-22(12-10-20)29-16-18-8-13-25(23(26)14-18)30-17-24(28)21-6-4-3-5-7-21/h3-14,19,28H,2,16-17H2,1H3. The first kappa shape index (κ1) is 21.1. The summed E-state index contributed by atoms with van der Waals surface area (Å²) >= 11 is 0. The second-order valence-electron chi connectivity index (χ2n) is 6.85. The fourth-order valence-corrected chi connectivity index (χ4v) is 2.99. The van der Waals surface area contributed by atoms with Gasteiger partial charge in [-0.1, -0.05) is 55.5 Å². The molecule has 0 aliphatic rings. The van der Waals surface area contributed by atoms with Crippen LogP contribution in [0.3, 0.4) is 0 Å². The predicted molar refractivity (Wildman–Crippen MR) is 115 cm³/mol. The van der Waals surface area contributed by atoms with Crippen LogP contribution in [0.25, 0.3) is 0 Å². The Morgan fingerprint density at radius 3 is 2.40 bits per heavy atom. The molecule has 4 nitrogen and oxygen atoms in total. The van der Waals surface area contributed by atoms with E-state index in [0.29, 0.717) is 11.3 Å². The van der Waals surface area contributed by atoms with Gasteiger partial charge in [-0.2, -0.15) is 5.26 Å². The van der Waals surface area contributed by atoms with Gasteiger partial charge in [0, 0.05) is 0 Å². The van der Waals surface area contributed by atoms with Gasteiger partial charge in [0.05, 0.1) is 17.7 Å². The molecule has 0 aliphatic carbocycles. The molecular formula is C25H23FN2O2. The molecule has 0 aromatic heterocycles. The Hall–Kier alpha value is -3.65. The number of hydrogen-bond acceptors (Lipinski definition) is 4. The van der Waals surface area contributed by atoms with Crippen LogP contribution in [0.1, 0.15) is 36.0 Å². The highest BCUT2D eigenvalue weighted by atomic mass is 19.1. The zero-order valence-electron chi connectivity index (χ0n) is 16.8. The van der Waals surface area contributed by atoms with Crippen molar-refractivity contribution in [1.82, 2.24) is 0 Å². The summed E-state index contributed by atoms with van der Waals surface area (Å²) in [4.78, 5) is 0. The average molecular weight is 402 g/mol. The summed E-state index contributed by atoms with van der Waals surface area (Å²) in [6, 6.07) is 23.5. The van der Waals surface area contributed by atoms with E-state index in [-0.39, 0.29) is 30.6 Å². The quantitative estimate of drug-likeness (QED) is 0.455. The zero-order chi connectivity index (χ0) is 21.3. The molecule has 0 radical (unpaired) electrons. The highest BCUT2D eigenvalue weighted by molar-refractivity contribution is 5.99. The van der Waals surface area contributed by atoms with Gasteiger partial charge in [-0.3, -0.25) is 0 Å². The number of benzene rings is 3. The predicted octanol–water partition coefficient (Wildman–Crippen LogP) is 5.87. The fourth-order valence-electron chi connectivity index (χ4n) is 2.99. The molecule has 3 rings (SSSR count). The average Bonchev–Trinajstić information content (AvgIpc) is 2.79. The number of hydrogen-bond donors (Lipinski definition) is 1. The van der Waals surface area contributed by atoms with Crippen molar-refractivity contribution in [3.05, 3.63) is 95.3 Å². The molecule has 0 saturated carbocycles. The molecule has 0 bridgehead atoms. The fraction of sp³-hybridized carbons (Fsp3) is 0.200. The smallest absolute Gasteiger partial charge is 0.165 e. The molecule has 1 atom stereocenters. The Kier molecular flexibility index (Phi) is 7.18. The number of rotatable bonds is 9. The molecule has 0 heterocycles. The van der Waals surface area contributed by atoms with Gasteiger partial charge in [-0.05, 0) is 47.4 Å². The van der Waals surface area contributed by atoms with Crippen molar-refractivity contribution in [2.75, 3.05) is 6.61 Å². The normalized spacial score (nSPS) is 11.4. The number of ether oxygens (including phenoxy) is 2. The first-order valence-electron chi connectivity index (χ1n) is 9.77. The van der Waals surface area contributed by atoms with Crippen LogP contribution in [0.2, 0.25) is 0 Å². The molecule has 1 N–H and O–H groups in total. The lowest BCUT2D eigenvalue weighted by Crippen LogP contribution is -2.12.